The van der Waals surface area contributed by atoms with E-state index < -0.39 is 0 Å². The number of nitrogens with zero attached hydrogens (tertiary/aromatic N) is 2. The Morgan fingerprint density at radius 2 is 2.00 bits per heavy atom. The predicted octanol–water partition coefficient (Wildman–Crippen LogP) is 1.78. The fourth-order valence-electron chi connectivity index (χ4n) is 3.68. The van der Waals surface area contributed by atoms with Crippen LogP contribution in [0, 0.1) is 11.7 Å². The van der Waals surface area contributed by atoms with E-state index in [-0.39, 0.29) is 35.6 Å². The van der Waals surface area contributed by atoms with Gasteiger partial charge in [-0.3, -0.25) is 9.59 Å². The van der Waals surface area contributed by atoms with Crippen molar-refractivity contribution in [2.24, 2.45) is 5.92 Å². The van der Waals surface area contributed by atoms with Gasteiger partial charge in [0.05, 0.1) is 11.7 Å². The molecule has 1 N–H and O–H groups in total. The molecular weight excluding hydrogens is 309 g/mol. The first-order valence-corrected chi connectivity index (χ1v) is 8.55. The third kappa shape index (κ3) is 3.29. The van der Waals surface area contributed by atoms with Crippen molar-refractivity contribution in [2.75, 3.05) is 24.5 Å². The van der Waals surface area contributed by atoms with Gasteiger partial charge in [0.15, 0.2) is 0 Å². The molecule has 2 aliphatic heterocycles. The molecule has 2 heterocycles. The largest absolute Gasteiger partial charge is 0.343 e. The van der Waals surface area contributed by atoms with Crippen molar-refractivity contribution in [3.63, 3.8) is 0 Å². The maximum Gasteiger partial charge on any atom is 0.244 e. The number of rotatable bonds is 3. The van der Waals surface area contributed by atoms with Crippen LogP contribution in [0.2, 0.25) is 0 Å². The zero-order chi connectivity index (χ0) is 17.3. The number of benzene rings is 1. The molecule has 2 aliphatic rings. The number of anilines is 1. The van der Waals surface area contributed by atoms with Crippen LogP contribution in [0.25, 0.3) is 0 Å². The van der Waals surface area contributed by atoms with E-state index >= 15 is 0 Å². The van der Waals surface area contributed by atoms with Crippen LogP contribution in [0.5, 0.6) is 0 Å². The molecular formula is C18H24FN3O2. The zero-order valence-electron chi connectivity index (χ0n) is 14.2. The smallest absolute Gasteiger partial charge is 0.244 e. The number of amides is 2. The van der Waals surface area contributed by atoms with Gasteiger partial charge in [-0.2, -0.15) is 0 Å². The van der Waals surface area contributed by atoms with Gasteiger partial charge in [0.1, 0.15) is 5.82 Å². The first-order valence-electron chi connectivity index (χ1n) is 8.55. The Bertz CT molecular complexity index is 636. The first kappa shape index (κ1) is 16.9. The summed E-state index contributed by atoms with van der Waals surface area (Å²) in [6.45, 7) is 5.65. The average molecular weight is 333 g/mol. The Hall–Kier alpha value is -1.95. The van der Waals surface area contributed by atoms with E-state index in [9.17, 15) is 14.0 Å². The van der Waals surface area contributed by atoms with E-state index in [4.69, 9.17) is 0 Å². The summed E-state index contributed by atoms with van der Waals surface area (Å²) in [7, 11) is 0. The molecule has 0 spiro atoms. The minimum Gasteiger partial charge on any atom is -0.343 e. The SMILES string of the molecule is CC(=O)N1CCC(NC2CCN(c3ccccc3F)C2=O)C(C)C1. The van der Waals surface area contributed by atoms with E-state index in [0.29, 0.717) is 25.2 Å². The number of likely N-dealkylation sites (tertiary alicyclic amines) is 1. The second-order valence-corrected chi connectivity index (χ2v) is 6.79. The van der Waals surface area contributed by atoms with Crippen LogP contribution >= 0.6 is 0 Å². The molecule has 130 valence electrons. The second kappa shape index (κ2) is 6.89. The van der Waals surface area contributed by atoms with Crippen molar-refractivity contribution in [2.45, 2.75) is 38.8 Å². The highest BCUT2D eigenvalue weighted by molar-refractivity contribution is 5.99. The zero-order valence-corrected chi connectivity index (χ0v) is 14.2. The molecule has 1 aromatic carbocycles. The molecule has 3 unspecified atom stereocenters. The molecule has 3 atom stereocenters. The number of nitrogens with one attached hydrogen (secondary N) is 1. The highest BCUT2D eigenvalue weighted by Gasteiger charge is 2.37. The summed E-state index contributed by atoms with van der Waals surface area (Å²) in [4.78, 5) is 27.5. The lowest BCUT2D eigenvalue weighted by atomic mass is 9.93. The van der Waals surface area contributed by atoms with Gasteiger partial charge in [-0.05, 0) is 30.9 Å². The molecule has 0 bridgehead atoms. The van der Waals surface area contributed by atoms with Gasteiger partial charge in [-0.15, -0.1) is 0 Å². The quantitative estimate of drug-likeness (QED) is 0.917. The molecule has 5 nitrogen and oxygen atoms in total. The molecule has 0 aliphatic carbocycles. The highest BCUT2D eigenvalue weighted by Crippen LogP contribution is 2.26. The van der Waals surface area contributed by atoms with Gasteiger partial charge in [0, 0.05) is 32.6 Å². The third-order valence-electron chi connectivity index (χ3n) is 5.11. The highest BCUT2D eigenvalue weighted by atomic mass is 19.1. The van der Waals surface area contributed by atoms with Crippen LogP contribution in [-0.4, -0.2) is 48.4 Å². The summed E-state index contributed by atoms with van der Waals surface area (Å²) in [5.41, 5.74) is 0.353. The van der Waals surface area contributed by atoms with E-state index in [1.807, 2.05) is 4.90 Å². The lowest BCUT2D eigenvalue weighted by Crippen LogP contribution is -2.53. The molecule has 2 fully saturated rings. The van der Waals surface area contributed by atoms with E-state index in [0.717, 1.165) is 13.0 Å². The molecule has 0 saturated carbocycles. The van der Waals surface area contributed by atoms with Crippen LogP contribution in [0.3, 0.4) is 0 Å². The monoisotopic (exact) mass is 333 g/mol. The van der Waals surface area contributed by atoms with Crippen molar-refractivity contribution < 1.29 is 14.0 Å². The van der Waals surface area contributed by atoms with Gasteiger partial charge >= 0.3 is 0 Å². The third-order valence-corrected chi connectivity index (χ3v) is 5.11. The Balaban J connectivity index is 1.62. The lowest BCUT2D eigenvalue weighted by molar-refractivity contribution is -0.131. The fraction of sp³-hybridized carbons (Fsp3) is 0.556. The molecule has 2 amide bonds. The van der Waals surface area contributed by atoms with Gasteiger partial charge in [0.25, 0.3) is 0 Å². The minimum atomic E-state index is -0.366. The summed E-state index contributed by atoms with van der Waals surface area (Å²) >= 11 is 0. The van der Waals surface area contributed by atoms with E-state index in [2.05, 4.69) is 12.2 Å². The second-order valence-electron chi connectivity index (χ2n) is 6.79. The summed E-state index contributed by atoms with van der Waals surface area (Å²) in [5.74, 6) is -0.0446. The topological polar surface area (TPSA) is 52.7 Å². The summed E-state index contributed by atoms with van der Waals surface area (Å²) in [5, 5.41) is 3.44. The van der Waals surface area contributed by atoms with Gasteiger partial charge in [-0.1, -0.05) is 19.1 Å². The van der Waals surface area contributed by atoms with Crippen molar-refractivity contribution in [3.8, 4) is 0 Å². The number of carbonyl (C=O) groups is 2. The van der Waals surface area contributed by atoms with Crippen molar-refractivity contribution in [3.05, 3.63) is 30.1 Å². The molecule has 6 heteroatoms. The Kier molecular flexibility index (Phi) is 4.85. The van der Waals surface area contributed by atoms with Crippen LogP contribution in [0.15, 0.2) is 24.3 Å². The van der Waals surface area contributed by atoms with Crippen molar-refractivity contribution in [1.82, 2.24) is 10.2 Å². The Morgan fingerprint density at radius 1 is 1.25 bits per heavy atom. The standard InChI is InChI=1S/C18H24FN3O2/c1-12-11-21(13(2)23)9-7-15(12)20-16-8-10-22(18(16)24)17-6-4-3-5-14(17)19/h3-6,12,15-16,20H,7-11H2,1-2H3. The molecule has 0 aromatic heterocycles. The lowest BCUT2D eigenvalue weighted by Gasteiger charge is -2.38. The van der Waals surface area contributed by atoms with Crippen LogP contribution < -0.4 is 10.2 Å². The van der Waals surface area contributed by atoms with Crippen molar-refractivity contribution >= 4 is 17.5 Å². The van der Waals surface area contributed by atoms with Gasteiger partial charge in [0.2, 0.25) is 11.8 Å². The number of hydrogen-bond acceptors (Lipinski definition) is 3. The normalized spacial score (nSPS) is 27.6. The predicted molar refractivity (Wildman–Crippen MR) is 90.1 cm³/mol. The van der Waals surface area contributed by atoms with Crippen molar-refractivity contribution in [1.29, 1.82) is 0 Å². The molecule has 0 radical (unpaired) electrons. The number of carbonyl (C=O) groups excluding carboxylic acids is 2. The average Bonchev–Trinajstić information content (AvgIpc) is 2.90. The molecule has 3 rings (SSSR count). The Morgan fingerprint density at radius 3 is 2.67 bits per heavy atom. The summed E-state index contributed by atoms with van der Waals surface area (Å²) < 4.78 is 13.9. The van der Waals surface area contributed by atoms with Crippen LogP contribution in [0.1, 0.15) is 26.7 Å². The van der Waals surface area contributed by atoms with Crippen LogP contribution in [-0.2, 0) is 9.59 Å². The number of halogens is 1. The summed E-state index contributed by atoms with van der Waals surface area (Å²) in [6, 6.07) is 6.31. The number of para-hydroxylation sites is 1. The fourth-order valence-corrected chi connectivity index (χ4v) is 3.68. The van der Waals surface area contributed by atoms with Gasteiger partial charge in [-0.25, -0.2) is 4.39 Å². The van der Waals surface area contributed by atoms with E-state index in [1.54, 1.807) is 25.1 Å². The molecule has 1 aromatic rings. The Labute approximate surface area is 141 Å². The van der Waals surface area contributed by atoms with Gasteiger partial charge < -0.3 is 15.1 Å². The maximum absolute atomic E-state index is 13.9. The minimum absolute atomic E-state index is 0.0682. The molecule has 24 heavy (non-hydrogen) atoms. The van der Waals surface area contributed by atoms with Crippen LogP contribution in [0.4, 0.5) is 10.1 Å². The maximum atomic E-state index is 13.9. The number of piperidine rings is 1. The first-order chi connectivity index (χ1) is 11.5. The van der Waals surface area contributed by atoms with E-state index in [1.165, 1.54) is 11.0 Å². The summed E-state index contributed by atoms with van der Waals surface area (Å²) in [6.07, 6.45) is 1.51. The number of hydrogen-bond donors (Lipinski definition) is 1. The molecule has 2 saturated heterocycles.